The number of nitrogen functional groups attached to an aromatic ring is 1. The second-order valence-corrected chi connectivity index (χ2v) is 6.93. The maximum atomic E-state index is 6.11. The van der Waals surface area contributed by atoms with E-state index in [0.29, 0.717) is 22.7 Å². The van der Waals surface area contributed by atoms with E-state index < -0.39 is 0 Å². The van der Waals surface area contributed by atoms with Crippen LogP contribution in [0.15, 0.2) is 18.2 Å². The van der Waals surface area contributed by atoms with Crippen LogP contribution in [0.2, 0.25) is 0 Å². The standard InChI is InChI=1S/C16H23N3O/c1-15(2)13(16(15,3)4)9-19-12-8-10(20-5)6-7-11(12)18-14(19)17/h6-8,13H,9H2,1-5H3,(H2,17,18). The van der Waals surface area contributed by atoms with E-state index in [-0.39, 0.29) is 0 Å². The summed E-state index contributed by atoms with van der Waals surface area (Å²) in [5, 5.41) is 0. The summed E-state index contributed by atoms with van der Waals surface area (Å²) in [6.45, 7) is 10.2. The van der Waals surface area contributed by atoms with Gasteiger partial charge in [0.1, 0.15) is 5.75 Å². The summed E-state index contributed by atoms with van der Waals surface area (Å²) in [4.78, 5) is 4.45. The number of benzene rings is 1. The SMILES string of the molecule is COc1ccc2nc(N)n(CC3C(C)(C)C3(C)C)c2c1. The van der Waals surface area contributed by atoms with Crippen LogP contribution in [0.1, 0.15) is 27.7 Å². The zero-order valence-electron chi connectivity index (χ0n) is 12.9. The number of nitrogens with zero attached hydrogens (tertiary/aromatic N) is 2. The first-order valence-electron chi connectivity index (χ1n) is 7.09. The molecule has 1 saturated carbocycles. The lowest BCUT2D eigenvalue weighted by molar-refractivity contribution is 0.415. The molecule has 0 bridgehead atoms. The maximum Gasteiger partial charge on any atom is 0.201 e. The largest absolute Gasteiger partial charge is 0.497 e. The average molecular weight is 273 g/mol. The molecule has 0 saturated heterocycles. The molecular formula is C16H23N3O. The van der Waals surface area contributed by atoms with Gasteiger partial charge in [0, 0.05) is 12.6 Å². The van der Waals surface area contributed by atoms with E-state index in [1.54, 1.807) is 7.11 Å². The van der Waals surface area contributed by atoms with Gasteiger partial charge in [0.15, 0.2) is 0 Å². The van der Waals surface area contributed by atoms with Gasteiger partial charge in [-0.3, -0.25) is 0 Å². The van der Waals surface area contributed by atoms with Gasteiger partial charge in [-0.25, -0.2) is 4.98 Å². The summed E-state index contributed by atoms with van der Waals surface area (Å²) in [6.07, 6.45) is 0. The Morgan fingerprint density at radius 2 is 1.90 bits per heavy atom. The van der Waals surface area contributed by atoms with Gasteiger partial charge < -0.3 is 15.0 Å². The van der Waals surface area contributed by atoms with Crippen molar-refractivity contribution in [3.05, 3.63) is 18.2 Å². The molecule has 3 rings (SSSR count). The Morgan fingerprint density at radius 1 is 1.25 bits per heavy atom. The molecule has 0 amide bonds. The molecule has 1 heterocycles. The number of anilines is 1. The number of nitrogens with two attached hydrogens (primary N) is 1. The zero-order chi connectivity index (χ0) is 14.7. The monoisotopic (exact) mass is 273 g/mol. The Balaban J connectivity index is 2.02. The van der Waals surface area contributed by atoms with Crippen LogP contribution < -0.4 is 10.5 Å². The molecule has 2 N–H and O–H groups in total. The minimum Gasteiger partial charge on any atom is -0.497 e. The van der Waals surface area contributed by atoms with E-state index in [1.807, 2.05) is 18.2 Å². The van der Waals surface area contributed by atoms with Crippen LogP contribution in [0, 0.1) is 16.7 Å². The Bertz CT molecular complexity index is 656. The third-order valence-corrected chi connectivity index (χ3v) is 5.67. The molecule has 108 valence electrons. The van der Waals surface area contributed by atoms with Crippen molar-refractivity contribution in [2.45, 2.75) is 34.2 Å². The predicted molar refractivity (Wildman–Crippen MR) is 81.7 cm³/mol. The fraction of sp³-hybridized carbons (Fsp3) is 0.562. The van der Waals surface area contributed by atoms with Gasteiger partial charge in [0.2, 0.25) is 5.95 Å². The molecule has 0 aliphatic heterocycles. The van der Waals surface area contributed by atoms with E-state index in [1.165, 1.54) is 0 Å². The highest BCUT2D eigenvalue weighted by atomic mass is 16.5. The zero-order valence-corrected chi connectivity index (χ0v) is 12.9. The number of ether oxygens (including phenoxy) is 1. The smallest absolute Gasteiger partial charge is 0.201 e. The summed E-state index contributed by atoms with van der Waals surface area (Å²) in [5.74, 6) is 2.04. The molecule has 1 aliphatic rings. The highest BCUT2D eigenvalue weighted by Gasteiger charge is 2.64. The van der Waals surface area contributed by atoms with Gasteiger partial charge in [-0.2, -0.15) is 0 Å². The third kappa shape index (κ3) is 1.63. The molecule has 1 aliphatic carbocycles. The molecule has 1 aromatic carbocycles. The molecule has 1 aromatic heterocycles. The molecule has 0 spiro atoms. The first-order valence-corrected chi connectivity index (χ1v) is 7.09. The molecule has 0 atom stereocenters. The van der Waals surface area contributed by atoms with Gasteiger partial charge in [0.25, 0.3) is 0 Å². The Labute approximate surface area is 119 Å². The van der Waals surface area contributed by atoms with Crippen molar-refractivity contribution in [2.75, 3.05) is 12.8 Å². The fourth-order valence-electron chi connectivity index (χ4n) is 3.41. The average Bonchev–Trinajstić information content (AvgIpc) is 2.67. The second kappa shape index (κ2) is 3.90. The Kier molecular flexibility index (Phi) is 2.59. The lowest BCUT2D eigenvalue weighted by Gasteiger charge is -2.08. The van der Waals surface area contributed by atoms with Crippen LogP contribution in [0.25, 0.3) is 11.0 Å². The summed E-state index contributed by atoms with van der Waals surface area (Å²) in [5.41, 5.74) is 8.78. The lowest BCUT2D eigenvalue weighted by atomic mass is 10.0. The van der Waals surface area contributed by atoms with Gasteiger partial charge >= 0.3 is 0 Å². The predicted octanol–water partition coefficient (Wildman–Crippen LogP) is 3.31. The summed E-state index contributed by atoms with van der Waals surface area (Å²) in [7, 11) is 1.68. The topological polar surface area (TPSA) is 53.1 Å². The molecule has 20 heavy (non-hydrogen) atoms. The second-order valence-electron chi connectivity index (χ2n) is 6.93. The molecular weight excluding hydrogens is 250 g/mol. The van der Waals surface area contributed by atoms with Crippen LogP contribution in [0.4, 0.5) is 5.95 Å². The minimum absolute atomic E-state index is 0.342. The van der Waals surface area contributed by atoms with Gasteiger partial charge in [-0.15, -0.1) is 0 Å². The van der Waals surface area contributed by atoms with Crippen LogP contribution in [-0.4, -0.2) is 16.7 Å². The summed E-state index contributed by atoms with van der Waals surface area (Å²) in [6, 6.07) is 5.90. The molecule has 0 radical (unpaired) electrons. The van der Waals surface area contributed by atoms with Crippen molar-refractivity contribution in [1.82, 2.24) is 9.55 Å². The number of hydrogen-bond acceptors (Lipinski definition) is 3. The normalized spacial score (nSPS) is 20.2. The Morgan fingerprint density at radius 3 is 2.45 bits per heavy atom. The van der Waals surface area contributed by atoms with Gasteiger partial charge in [0.05, 0.1) is 18.1 Å². The van der Waals surface area contributed by atoms with E-state index >= 15 is 0 Å². The first kappa shape index (κ1) is 13.3. The molecule has 1 fully saturated rings. The Hall–Kier alpha value is -1.71. The number of aromatic nitrogens is 2. The van der Waals surface area contributed by atoms with Crippen LogP contribution in [0.5, 0.6) is 5.75 Å². The number of hydrogen-bond donors (Lipinski definition) is 1. The van der Waals surface area contributed by atoms with Crippen molar-refractivity contribution in [3.63, 3.8) is 0 Å². The van der Waals surface area contributed by atoms with E-state index in [4.69, 9.17) is 10.5 Å². The van der Waals surface area contributed by atoms with Crippen molar-refractivity contribution in [3.8, 4) is 5.75 Å². The minimum atomic E-state index is 0.342. The van der Waals surface area contributed by atoms with Crippen molar-refractivity contribution in [2.24, 2.45) is 16.7 Å². The van der Waals surface area contributed by atoms with E-state index in [0.717, 1.165) is 23.3 Å². The maximum absolute atomic E-state index is 6.11. The van der Waals surface area contributed by atoms with Gasteiger partial charge in [-0.1, -0.05) is 27.7 Å². The number of imidazole rings is 1. The molecule has 4 nitrogen and oxygen atoms in total. The van der Waals surface area contributed by atoms with Crippen molar-refractivity contribution in [1.29, 1.82) is 0 Å². The van der Waals surface area contributed by atoms with Crippen molar-refractivity contribution < 1.29 is 4.74 Å². The number of rotatable bonds is 3. The van der Waals surface area contributed by atoms with Crippen LogP contribution in [-0.2, 0) is 6.54 Å². The molecule has 2 aromatic rings. The van der Waals surface area contributed by atoms with Crippen LogP contribution >= 0.6 is 0 Å². The van der Waals surface area contributed by atoms with E-state index in [9.17, 15) is 0 Å². The first-order chi connectivity index (χ1) is 9.29. The number of methoxy groups -OCH3 is 1. The van der Waals surface area contributed by atoms with Crippen LogP contribution in [0.3, 0.4) is 0 Å². The fourth-order valence-corrected chi connectivity index (χ4v) is 3.41. The highest BCUT2D eigenvalue weighted by Crippen LogP contribution is 2.69. The lowest BCUT2D eigenvalue weighted by Crippen LogP contribution is -2.08. The molecule has 0 unspecified atom stereocenters. The summed E-state index contributed by atoms with van der Waals surface area (Å²) < 4.78 is 7.43. The number of fused-ring (bicyclic) bond motifs is 1. The van der Waals surface area contributed by atoms with Gasteiger partial charge in [-0.05, 0) is 28.9 Å². The third-order valence-electron chi connectivity index (χ3n) is 5.67. The molecule has 4 heteroatoms. The quantitative estimate of drug-likeness (QED) is 0.933. The highest BCUT2D eigenvalue weighted by molar-refractivity contribution is 5.80. The summed E-state index contributed by atoms with van der Waals surface area (Å²) >= 11 is 0. The van der Waals surface area contributed by atoms with Crippen molar-refractivity contribution >= 4 is 17.0 Å². The van der Waals surface area contributed by atoms with E-state index in [2.05, 4.69) is 37.2 Å².